The first-order chi connectivity index (χ1) is 12.0. The highest BCUT2D eigenvalue weighted by Crippen LogP contribution is 2.19. The minimum atomic E-state index is -0.530. The van der Waals surface area contributed by atoms with Gasteiger partial charge in [0, 0.05) is 32.6 Å². The predicted octanol–water partition coefficient (Wildman–Crippen LogP) is 1.46. The smallest absolute Gasteiger partial charge is 0.276 e. The number of aromatic nitrogens is 1. The molecule has 25 heavy (non-hydrogen) atoms. The minimum absolute atomic E-state index is 0.0497. The van der Waals surface area contributed by atoms with E-state index in [1.165, 1.54) is 6.39 Å². The predicted molar refractivity (Wildman–Crippen MR) is 90.1 cm³/mol. The molecule has 136 valence electrons. The summed E-state index contributed by atoms with van der Waals surface area (Å²) in [5.74, 6) is 0.593. The van der Waals surface area contributed by atoms with Crippen molar-refractivity contribution in [3.05, 3.63) is 17.8 Å². The number of hydrogen-bond acceptors (Lipinski definition) is 6. The summed E-state index contributed by atoms with van der Waals surface area (Å²) in [6.45, 7) is 7.95. The molecule has 0 aromatic carbocycles. The van der Waals surface area contributed by atoms with Crippen LogP contribution < -0.4 is 0 Å². The molecule has 3 rings (SSSR count). The Balaban J connectivity index is 1.58. The number of amides is 2. The molecule has 0 saturated carbocycles. The zero-order valence-corrected chi connectivity index (χ0v) is 14.9. The van der Waals surface area contributed by atoms with E-state index in [-0.39, 0.29) is 17.7 Å². The Kier molecular flexibility index (Phi) is 5.06. The van der Waals surface area contributed by atoms with Crippen LogP contribution in [0, 0.1) is 12.8 Å². The standard InChI is InChI=1S/C17H24N4O4/c1-11(2)13-9-14(25-19-13)16(22)20-5-4-6-21(8-7-20)17(23)15-12(3)24-10-18-15/h10-11,14H,4-9H2,1-3H3. The van der Waals surface area contributed by atoms with E-state index in [9.17, 15) is 9.59 Å². The number of carbonyl (C=O) groups excluding carboxylic acids is 2. The fourth-order valence-electron chi connectivity index (χ4n) is 3.07. The van der Waals surface area contributed by atoms with E-state index in [0.717, 1.165) is 12.1 Å². The van der Waals surface area contributed by atoms with Gasteiger partial charge in [0.1, 0.15) is 5.76 Å². The Bertz CT molecular complexity index is 682. The zero-order valence-electron chi connectivity index (χ0n) is 14.9. The maximum Gasteiger partial charge on any atom is 0.276 e. The molecule has 2 amide bonds. The quantitative estimate of drug-likeness (QED) is 0.825. The van der Waals surface area contributed by atoms with Crippen LogP contribution in [0.2, 0.25) is 0 Å². The Morgan fingerprint density at radius 3 is 2.56 bits per heavy atom. The van der Waals surface area contributed by atoms with Crippen molar-refractivity contribution in [2.24, 2.45) is 11.1 Å². The maximum absolute atomic E-state index is 12.7. The molecule has 1 aromatic rings. The lowest BCUT2D eigenvalue weighted by Crippen LogP contribution is -2.42. The fourth-order valence-corrected chi connectivity index (χ4v) is 3.07. The molecular formula is C17H24N4O4. The van der Waals surface area contributed by atoms with Crippen molar-refractivity contribution in [3.8, 4) is 0 Å². The normalized spacial score (nSPS) is 21.1. The first-order valence-electron chi connectivity index (χ1n) is 8.68. The second-order valence-corrected chi connectivity index (χ2v) is 6.76. The lowest BCUT2D eigenvalue weighted by molar-refractivity contribution is -0.141. The SMILES string of the molecule is Cc1ocnc1C(=O)N1CCCN(C(=O)C2CC(C(C)C)=NO2)CC1. The van der Waals surface area contributed by atoms with Crippen LogP contribution in [-0.2, 0) is 9.63 Å². The summed E-state index contributed by atoms with van der Waals surface area (Å²) in [4.78, 5) is 38.0. The summed E-state index contributed by atoms with van der Waals surface area (Å²) in [5, 5.41) is 4.03. The van der Waals surface area contributed by atoms with Crippen LogP contribution >= 0.6 is 0 Å². The van der Waals surface area contributed by atoms with Crippen LogP contribution in [0.15, 0.2) is 16.0 Å². The third-order valence-corrected chi connectivity index (χ3v) is 4.68. The summed E-state index contributed by atoms with van der Waals surface area (Å²) in [6.07, 6.45) is 2.02. The number of rotatable bonds is 3. The van der Waals surface area contributed by atoms with Crippen LogP contribution in [0.4, 0.5) is 0 Å². The summed E-state index contributed by atoms with van der Waals surface area (Å²) in [7, 11) is 0. The topological polar surface area (TPSA) is 88.2 Å². The molecule has 2 aliphatic rings. The van der Waals surface area contributed by atoms with Gasteiger partial charge in [0.05, 0.1) is 5.71 Å². The molecule has 0 spiro atoms. The molecule has 8 nitrogen and oxygen atoms in total. The van der Waals surface area contributed by atoms with Crippen molar-refractivity contribution in [2.75, 3.05) is 26.2 Å². The molecule has 0 aliphatic carbocycles. The highest BCUT2D eigenvalue weighted by atomic mass is 16.6. The van der Waals surface area contributed by atoms with E-state index < -0.39 is 6.10 Å². The van der Waals surface area contributed by atoms with Gasteiger partial charge in [-0.15, -0.1) is 0 Å². The molecule has 1 fully saturated rings. The van der Waals surface area contributed by atoms with E-state index in [1.807, 2.05) is 13.8 Å². The van der Waals surface area contributed by atoms with Gasteiger partial charge in [-0.2, -0.15) is 0 Å². The van der Waals surface area contributed by atoms with Crippen molar-refractivity contribution < 1.29 is 18.8 Å². The van der Waals surface area contributed by atoms with E-state index in [0.29, 0.717) is 44.1 Å². The average Bonchev–Trinajstić information content (AvgIpc) is 3.17. The minimum Gasteiger partial charge on any atom is -0.448 e. The second kappa shape index (κ2) is 7.25. The van der Waals surface area contributed by atoms with Crippen LogP contribution in [-0.4, -0.2) is 64.6 Å². The molecule has 0 radical (unpaired) electrons. The number of hydrogen-bond donors (Lipinski definition) is 0. The highest BCUT2D eigenvalue weighted by molar-refractivity contribution is 5.94. The molecule has 8 heteroatoms. The van der Waals surface area contributed by atoms with Crippen molar-refractivity contribution >= 4 is 17.5 Å². The molecule has 2 aliphatic heterocycles. The zero-order chi connectivity index (χ0) is 18.0. The number of carbonyl (C=O) groups is 2. The maximum atomic E-state index is 12.7. The fraction of sp³-hybridized carbons (Fsp3) is 0.647. The monoisotopic (exact) mass is 348 g/mol. The van der Waals surface area contributed by atoms with Gasteiger partial charge in [-0.3, -0.25) is 9.59 Å². The van der Waals surface area contributed by atoms with Gasteiger partial charge in [-0.05, 0) is 19.3 Å². The molecule has 1 saturated heterocycles. The van der Waals surface area contributed by atoms with Gasteiger partial charge < -0.3 is 19.1 Å². The number of oxime groups is 1. The van der Waals surface area contributed by atoms with Crippen molar-refractivity contribution in [1.82, 2.24) is 14.8 Å². The van der Waals surface area contributed by atoms with E-state index in [1.54, 1.807) is 16.7 Å². The third kappa shape index (κ3) is 3.67. The second-order valence-electron chi connectivity index (χ2n) is 6.76. The van der Waals surface area contributed by atoms with E-state index in [2.05, 4.69) is 10.1 Å². The van der Waals surface area contributed by atoms with Crippen LogP contribution in [0.5, 0.6) is 0 Å². The van der Waals surface area contributed by atoms with Crippen molar-refractivity contribution in [1.29, 1.82) is 0 Å². The van der Waals surface area contributed by atoms with Crippen LogP contribution in [0.25, 0.3) is 0 Å². The summed E-state index contributed by atoms with van der Waals surface area (Å²) < 4.78 is 5.11. The number of aryl methyl sites for hydroxylation is 1. The Morgan fingerprint density at radius 2 is 1.92 bits per heavy atom. The summed E-state index contributed by atoms with van der Waals surface area (Å²) in [5.41, 5.74) is 1.26. The van der Waals surface area contributed by atoms with Gasteiger partial charge in [-0.1, -0.05) is 19.0 Å². The van der Waals surface area contributed by atoms with Gasteiger partial charge >= 0.3 is 0 Å². The lowest BCUT2D eigenvalue weighted by atomic mass is 10.0. The first-order valence-corrected chi connectivity index (χ1v) is 8.68. The summed E-state index contributed by atoms with van der Waals surface area (Å²) >= 11 is 0. The van der Waals surface area contributed by atoms with E-state index >= 15 is 0 Å². The van der Waals surface area contributed by atoms with Gasteiger partial charge in [0.25, 0.3) is 11.8 Å². The average molecular weight is 348 g/mol. The largest absolute Gasteiger partial charge is 0.448 e. The third-order valence-electron chi connectivity index (χ3n) is 4.68. The van der Waals surface area contributed by atoms with Gasteiger partial charge in [0.15, 0.2) is 12.1 Å². The lowest BCUT2D eigenvalue weighted by Gasteiger charge is -2.23. The van der Waals surface area contributed by atoms with Crippen molar-refractivity contribution in [2.45, 2.75) is 39.7 Å². The van der Waals surface area contributed by atoms with Crippen molar-refractivity contribution in [3.63, 3.8) is 0 Å². The molecule has 1 aromatic heterocycles. The van der Waals surface area contributed by atoms with Crippen LogP contribution in [0.1, 0.15) is 42.9 Å². The Labute approximate surface area is 146 Å². The van der Waals surface area contributed by atoms with E-state index in [4.69, 9.17) is 9.25 Å². The van der Waals surface area contributed by atoms with Gasteiger partial charge in [-0.25, -0.2) is 4.98 Å². The highest BCUT2D eigenvalue weighted by Gasteiger charge is 2.34. The molecular weight excluding hydrogens is 324 g/mol. The first kappa shape index (κ1) is 17.4. The molecule has 3 heterocycles. The Morgan fingerprint density at radius 1 is 1.20 bits per heavy atom. The van der Waals surface area contributed by atoms with Crippen LogP contribution in [0.3, 0.4) is 0 Å². The molecule has 0 bridgehead atoms. The molecule has 0 N–H and O–H groups in total. The Hall–Kier alpha value is -2.38. The molecule has 1 unspecified atom stereocenters. The number of nitrogens with zero attached hydrogens (tertiary/aromatic N) is 4. The number of oxazole rings is 1. The van der Waals surface area contributed by atoms with Gasteiger partial charge in [0.2, 0.25) is 6.10 Å². The summed E-state index contributed by atoms with van der Waals surface area (Å²) in [6, 6.07) is 0. The molecule has 1 atom stereocenters.